The number of hydrogen-bond acceptors (Lipinski definition) is 5. The van der Waals surface area contributed by atoms with Crippen LogP contribution >= 0.6 is 0 Å². The van der Waals surface area contributed by atoms with E-state index >= 15 is 0 Å². The van der Waals surface area contributed by atoms with Gasteiger partial charge in [0.15, 0.2) is 23.1 Å². The molecule has 12 aromatic rings. The van der Waals surface area contributed by atoms with Gasteiger partial charge < -0.3 is 4.42 Å². The average molecular weight is 753 g/mol. The van der Waals surface area contributed by atoms with E-state index in [1.807, 2.05) is 72.8 Å². The molecule has 0 spiro atoms. The normalized spacial score (nSPS) is 11.7. The summed E-state index contributed by atoms with van der Waals surface area (Å²) in [5.41, 5.74) is 9.25. The molecular formula is C54H32N4O. The van der Waals surface area contributed by atoms with Crippen LogP contribution in [0.2, 0.25) is 0 Å². The molecule has 0 atom stereocenters. The van der Waals surface area contributed by atoms with Crippen LogP contribution in [0.25, 0.3) is 122 Å². The molecule has 0 radical (unpaired) electrons. The Labute approximate surface area is 338 Å². The van der Waals surface area contributed by atoms with Crippen LogP contribution in [0.15, 0.2) is 199 Å². The Balaban J connectivity index is 1.03. The largest absolute Gasteiger partial charge is 0.454 e. The summed E-state index contributed by atoms with van der Waals surface area (Å²) in [7, 11) is 0. The molecule has 0 bridgehead atoms. The Kier molecular flexibility index (Phi) is 7.47. The Bertz CT molecular complexity index is 3520. The Morgan fingerprint density at radius 3 is 1.42 bits per heavy atom. The van der Waals surface area contributed by atoms with E-state index in [4.69, 9.17) is 24.4 Å². The summed E-state index contributed by atoms with van der Waals surface area (Å²) in [6.45, 7) is 0. The molecule has 0 amide bonds. The van der Waals surface area contributed by atoms with E-state index in [0.717, 1.165) is 71.9 Å². The summed E-state index contributed by atoms with van der Waals surface area (Å²) in [4.78, 5) is 20.3. The van der Waals surface area contributed by atoms with Crippen LogP contribution in [-0.2, 0) is 0 Å². The van der Waals surface area contributed by atoms with Gasteiger partial charge in [-0.1, -0.05) is 164 Å². The zero-order valence-electron chi connectivity index (χ0n) is 31.7. The van der Waals surface area contributed by atoms with Gasteiger partial charge in [-0.15, -0.1) is 0 Å². The number of furan rings is 1. The van der Waals surface area contributed by atoms with E-state index in [9.17, 15) is 0 Å². The summed E-state index contributed by atoms with van der Waals surface area (Å²) in [5, 5.41) is 10.5. The smallest absolute Gasteiger partial charge is 0.164 e. The Morgan fingerprint density at radius 1 is 0.288 bits per heavy atom. The lowest BCUT2D eigenvalue weighted by molar-refractivity contribution is 0.669. The van der Waals surface area contributed by atoms with Crippen LogP contribution < -0.4 is 0 Å². The lowest BCUT2D eigenvalue weighted by Crippen LogP contribution is -2.00. The highest BCUT2D eigenvalue weighted by Gasteiger charge is 2.20. The molecule has 0 N–H and O–H groups in total. The maximum atomic E-state index is 6.75. The fourth-order valence-corrected chi connectivity index (χ4v) is 8.69. The number of benzene rings is 9. The summed E-state index contributed by atoms with van der Waals surface area (Å²) in [6.07, 6.45) is 0. The molecule has 5 nitrogen and oxygen atoms in total. The van der Waals surface area contributed by atoms with Crippen LogP contribution in [-0.4, -0.2) is 19.9 Å². The molecule has 0 aliphatic carbocycles. The molecule has 0 aliphatic rings. The van der Waals surface area contributed by atoms with Crippen molar-refractivity contribution in [2.24, 2.45) is 0 Å². The average Bonchev–Trinajstić information content (AvgIpc) is 3.72. The molecule has 9 aromatic carbocycles. The second-order valence-corrected chi connectivity index (χ2v) is 15.0. The van der Waals surface area contributed by atoms with E-state index in [1.165, 1.54) is 32.3 Å². The molecule has 0 saturated heterocycles. The van der Waals surface area contributed by atoms with Gasteiger partial charge in [0.25, 0.3) is 0 Å². The standard InChI is InChI=1S/C54H32N4O/c1-3-14-33(15-4-1)52-56-53(34-16-5-2-6-17-34)58-54(57-52)38-19-13-18-35(30-38)36-27-29-47-46(31-36)49-44-24-11-12-25-48(44)59-51(49)50(55-47)37-26-28-43-41-22-8-7-20-39(41)40-21-9-10-23-42(40)45(43)32-37/h1-32H. The predicted octanol–water partition coefficient (Wildman–Crippen LogP) is 14.1. The quantitative estimate of drug-likeness (QED) is 0.164. The Hall–Kier alpha value is -8.02. The second-order valence-electron chi connectivity index (χ2n) is 15.0. The van der Waals surface area contributed by atoms with Gasteiger partial charge in [-0.05, 0) is 73.8 Å². The molecule has 59 heavy (non-hydrogen) atoms. The lowest BCUT2D eigenvalue weighted by atomic mass is 9.92. The number of fused-ring (bicyclic) bond motifs is 11. The predicted molar refractivity (Wildman–Crippen MR) is 242 cm³/mol. The highest BCUT2D eigenvalue weighted by molar-refractivity contribution is 6.26. The third-order valence-electron chi connectivity index (χ3n) is 11.5. The minimum Gasteiger partial charge on any atom is -0.454 e. The minimum absolute atomic E-state index is 0.617. The van der Waals surface area contributed by atoms with Crippen molar-refractivity contribution in [2.45, 2.75) is 0 Å². The lowest BCUT2D eigenvalue weighted by Gasteiger charge is -2.13. The zero-order chi connectivity index (χ0) is 38.9. The van der Waals surface area contributed by atoms with Gasteiger partial charge in [0.2, 0.25) is 0 Å². The van der Waals surface area contributed by atoms with E-state index in [-0.39, 0.29) is 0 Å². The van der Waals surface area contributed by atoms with Crippen LogP contribution in [0.3, 0.4) is 0 Å². The van der Waals surface area contributed by atoms with Crippen LogP contribution in [0.4, 0.5) is 0 Å². The number of rotatable bonds is 5. The number of aromatic nitrogens is 4. The highest BCUT2D eigenvalue weighted by atomic mass is 16.3. The SMILES string of the molecule is c1ccc(-c2nc(-c3ccccc3)nc(-c3cccc(-c4ccc5nc(-c6ccc7c8ccccc8c8ccccc8c7c6)c6oc7ccccc7c6c5c4)c3)n2)cc1. The van der Waals surface area contributed by atoms with Crippen molar-refractivity contribution in [3.05, 3.63) is 194 Å². The van der Waals surface area contributed by atoms with Crippen LogP contribution in [0.1, 0.15) is 0 Å². The first-order chi connectivity index (χ1) is 29.2. The van der Waals surface area contributed by atoms with E-state index in [0.29, 0.717) is 17.5 Å². The maximum absolute atomic E-state index is 6.75. The minimum atomic E-state index is 0.617. The topological polar surface area (TPSA) is 64.7 Å². The molecule has 12 rings (SSSR count). The summed E-state index contributed by atoms with van der Waals surface area (Å²) in [6, 6.07) is 67.5. The number of para-hydroxylation sites is 1. The van der Waals surface area contributed by atoms with Crippen molar-refractivity contribution in [1.29, 1.82) is 0 Å². The van der Waals surface area contributed by atoms with Crippen LogP contribution in [0, 0.1) is 0 Å². The molecule has 274 valence electrons. The molecule has 5 heteroatoms. The van der Waals surface area contributed by atoms with Gasteiger partial charge in [0.1, 0.15) is 11.3 Å². The molecule has 3 heterocycles. The zero-order valence-corrected chi connectivity index (χ0v) is 31.7. The van der Waals surface area contributed by atoms with Gasteiger partial charge in [0, 0.05) is 38.4 Å². The first-order valence-electron chi connectivity index (χ1n) is 19.8. The third-order valence-corrected chi connectivity index (χ3v) is 11.5. The maximum Gasteiger partial charge on any atom is 0.164 e. The summed E-state index contributed by atoms with van der Waals surface area (Å²) >= 11 is 0. The monoisotopic (exact) mass is 752 g/mol. The van der Waals surface area contributed by atoms with Crippen LogP contribution in [0.5, 0.6) is 0 Å². The van der Waals surface area contributed by atoms with Gasteiger partial charge in [0.05, 0.1) is 5.52 Å². The first kappa shape index (κ1) is 33.2. The van der Waals surface area contributed by atoms with E-state index in [1.54, 1.807) is 0 Å². The molecule has 0 fully saturated rings. The van der Waals surface area contributed by atoms with E-state index in [2.05, 4.69) is 121 Å². The molecule has 0 unspecified atom stereocenters. The summed E-state index contributed by atoms with van der Waals surface area (Å²) < 4.78 is 6.75. The van der Waals surface area contributed by atoms with Gasteiger partial charge in [-0.3, -0.25) is 0 Å². The molecule has 3 aromatic heterocycles. The Morgan fingerprint density at radius 2 is 0.763 bits per heavy atom. The molecule has 0 saturated carbocycles. The first-order valence-corrected chi connectivity index (χ1v) is 19.8. The van der Waals surface area contributed by atoms with Crippen molar-refractivity contribution in [2.75, 3.05) is 0 Å². The van der Waals surface area contributed by atoms with Gasteiger partial charge in [-0.25, -0.2) is 19.9 Å². The number of nitrogens with zero attached hydrogens (tertiary/aromatic N) is 4. The van der Waals surface area contributed by atoms with Crippen molar-refractivity contribution < 1.29 is 4.42 Å². The highest BCUT2D eigenvalue weighted by Crippen LogP contribution is 2.43. The van der Waals surface area contributed by atoms with Crippen molar-refractivity contribution in [3.8, 4) is 56.5 Å². The molecule has 0 aliphatic heterocycles. The van der Waals surface area contributed by atoms with Gasteiger partial charge >= 0.3 is 0 Å². The number of hydrogen-bond donors (Lipinski definition) is 0. The van der Waals surface area contributed by atoms with Crippen molar-refractivity contribution >= 4 is 65.2 Å². The van der Waals surface area contributed by atoms with Crippen molar-refractivity contribution in [1.82, 2.24) is 19.9 Å². The van der Waals surface area contributed by atoms with E-state index < -0.39 is 0 Å². The van der Waals surface area contributed by atoms with Gasteiger partial charge in [-0.2, -0.15) is 0 Å². The fourth-order valence-electron chi connectivity index (χ4n) is 8.69. The summed E-state index contributed by atoms with van der Waals surface area (Å²) in [5.74, 6) is 1.88. The molecular weight excluding hydrogens is 721 g/mol. The van der Waals surface area contributed by atoms with Crippen molar-refractivity contribution in [3.63, 3.8) is 0 Å². The second kappa shape index (κ2) is 13.3. The third kappa shape index (κ3) is 5.47. The fraction of sp³-hybridized carbons (Fsp3) is 0. The number of pyridine rings is 1.